The summed E-state index contributed by atoms with van der Waals surface area (Å²) in [5, 5.41) is 0. The quantitative estimate of drug-likeness (QED) is 0.634. The van der Waals surface area contributed by atoms with Gasteiger partial charge in [-0.2, -0.15) is 0 Å². The van der Waals surface area contributed by atoms with Crippen molar-refractivity contribution in [2.24, 2.45) is 5.84 Å². The minimum absolute atomic E-state index is 0.366. The van der Waals surface area contributed by atoms with Crippen LogP contribution in [0.3, 0.4) is 0 Å². The van der Waals surface area contributed by atoms with Gasteiger partial charge in [-0.1, -0.05) is 6.07 Å². The average Bonchev–Trinajstić information content (AvgIpc) is 2.50. The number of nitrogens with one attached hydrogen (secondary N) is 1. The van der Waals surface area contributed by atoms with E-state index in [1.807, 2.05) is 0 Å². The van der Waals surface area contributed by atoms with E-state index < -0.39 is 11.6 Å². The maximum absolute atomic E-state index is 14.3. The monoisotopic (exact) mass is 284 g/mol. The predicted octanol–water partition coefficient (Wildman–Crippen LogP) is 1.53. The van der Waals surface area contributed by atoms with E-state index in [1.165, 1.54) is 13.2 Å². The Morgan fingerprint density at radius 2 is 2.05 bits per heavy atom. The lowest BCUT2D eigenvalue weighted by atomic mass is 9.82. The Bertz CT molecular complexity index is 450. The van der Waals surface area contributed by atoms with Gasteiger partial charge in [0.1, 0.15) is 11.6 Å². The van der Waals surface area contributed by atoms with Crippen LogP contribution in [-0.2, 0) is 9.47 Å². The third kappa shape index (κ3) is 2.78. The summed E-state index contributed by atoms with van der Waals surface area (Å²) in [6.45, 7) is 1.15. The minimum Gasteiger partial charge on any atom is -0.497 e. The lowest BCUT2D eigenvalue weighted by Gasteiger charge is -2.42. The molecule has 1 aromatic rings. The average molecular weight is 284 g/mol. The molecule has 0 aromatic heterocycles. The fraction of sp³-hybridized carbons (Fsp3) is 0.571. The van der Waals surface area contributed by atoms with Crippen LogP contribution < -0.4 is 16.0 Å². The van der Waals surface area contributed by atoms with E-state index in [1.54, 1.807) is 19.2 Å². The molecule has 1 atom stereocenters. The SMILES string of the molecule is COc1ccc(C(NN)C2(OC)CCOCC2)c(F)c1. The number of hydrogen-bond donors (Lipinski definition) is 2. The fourth-order valence-electron chi connectivity index (χ4n) is 2.72. The van der Waals surface area contributed by atoms with Crippen molar-refractivity contribution in [1.29, 1.82) is 0 Å². The van der Waals surface area contributed by atoms with Crippen LogP contribution in [0.1, 0.15) is 24.4 Å². The van der Waals surface area contributed by atoms with Gasteiger partial charge in [-0.25, -0.2) is 9.82 Å². The predicted molar refractivity (Wildman–Crippen MR) is 72.8 cm³/mol. The molecule has 6 heteroatoms. The number of hydrazine groups is 1. The minimum atomic E-state index is -0.567. The van der Waals surface area contributed by atoms with E-state index in [-0.39, 0.29) is 5.82 Å². The Labute approximate surface area is 118 Å². The number of methoxy groups -OCH3 is 2. The lowest BCUT2D eigenvalue weighted by Crippen LogP contribution is -2.51. The summed E-state index contributed by atoms with van der Waals surface area (Å²) in [5.41, 5.74) is 2.60. The first-order chi connectivity index (χ1) is 9.66. The first-order valence-electron chi connectivity index (χ1n) is 6.59. The van der Waals surface area contributed by atoms with Crippen molar-refractivity contribution in [2.75, 3.05) is 27.4 Å². The van der Waals surface area contributed by atoms with Crippen LogP contribution in [0.5, 0.6) is 5.75 Å². The molecule has 1 fully saturated rings. The number of benzene rings is 1. The van der Waals surface area contributed by atoms with E-state index in [9.17, 15) is 4.39 Å². The van der Waals surface area contributed by atoms with Crippen LogP contribution in [-0.4, -0.2) is 33.0 Å². The molecule has 0 bridgehead atoms. The Balaban J connectivity index is 2.35. The van der Waals surface area contributed by atoms with E-state index in [4.69, 9.17) is 20.1 Å². The molecular weight excluding hydrogens is 263 g/mol. The Kier molecular flexibility index (Phi) is 4.93. The molecule has 0 amide bonds. The summed E-state index contributed by atoms with van der Waals surface area (Å²) < 4.78 is 30.3. The molecule has 5 nitrogen and oxygen atoms in total. The highest BCUT2D eigenvalue weighted by Gasteiger charge is 2.42. The Hall–Kier alpha value is -1.21. The van der Waals surface area contributed by atoms with Gasteiger partial charge >= 0.3 is 0 Å². The molecule has 2 rings (SSSR count). The van der Waals surface area contributed by atoms with Gasteiger partial charge in [0.25, 0.3) is 0 Å². The summed E-state index contributed by atoms with van der Waals surface area (Å²) in [6, 6.07) is 4.30. The Morgan fingerprint density at radius 1 is 1.35 bits per heavy atom. The van der Waals surface area contributed by atoms with Crippen molar-refractivity contribution in [1.82, 2.24) is 5.43 Å². The molecule has 1 aliphatic rings. The Morgan fingerprint density at radius 3 is 2.55 bits per heavy atom. The first-order valence-corrected chi connectivity index (χ1v) is 6.59. The molecule has 0 radical (unpaired) electrons. The maximum atomic E-state index is 14.3. The molecule has 3 N–H and O–H groups in total. The standard InChI is InChI=1S/C14H21FN2O3/c1-18-10-3-4-11(12(15)9-10)13(17-16)14(19-2)5-7-20-8-6-14/h3-4,9,13,17H,5-8,16H2,1-2H3. The van der Waals surface area contributed by atoms with Crippen molar-refractivity contribution in [3.05, 3.63) is 29.6 Å². The van der Waals surface area contributed by atoms with Crippen LogP contribution in [0.2, 0.25) is 0 Å². The molecule has 1 aromatic carbocycles. The zero-order valence-corrected chi connectivity index (χ0v) is 11.8. The first kappa shape index (κ1) is 15.2. The molecule has 20 heavy (non-hydrogen) atoms. The molecule has 0 saturated carbocycles. The molecule has 0 aliphatic carbocycles. The third-order valence-corrected chi connectivity index (χ3v) is 3.96. The highest BCUT2D eigenvalue weighted by Crippen LogP contribution is 2.38. The van der Waals surface area contributed by atoms with Gasteiger partial charge in [0.05, 0.1) is 18.8 Å². The zero-order chi connectivity index (χ0) is 14.6. The maximum Gasteiger partial charge on any atom is 0.131 e. The fourth-order valence-corrected chi connectivity index (χ4v) is 2.72. The normalized spacial score (nSPS) is 19.6. The van der Waals surface area contributed by atoms with Crippen LogP contribution in [0.4, 0.5) is 4.39 Å². The summed E-state index contributed by atoms with van der Waals surface area (Å²) in [4.78, 5) is 0. The molecule has 1 aliphatic heterocycles. The molecule has 112 valence electrons. The van der Waals surface area contributed by atoms with E-state index in [0.29, 0.717) is 37.4 Å². The highest BCUT2D eigenvalue weighted by atomic mass is 19.1. The van der Waals surface area contributed by atoms with Gasteiger partial charge in [-0.05, 0) is 6.07 Å². The van der Waals surface area contributed by atoms with Crippen molar-refractivity contribution >= 4 is 0 Å². The second-order valence-corrected chi connectivity index (χ2v) is 4.87. The zero-order valence-electron chi connectivity index (χ0n) is 11.8. The van der Waals surface area contributed by atoms with Crippen molar-refractivity contribution in [3.63, 3.8) is 0 Å². The second-order valence-electron chi connectivity index (χ2n) is 4.87. The van der Waals surface area contributed by atoms with Gasteiger partial charge < -0.3 is 14.2 Å². The smallest absolute Gasteiger partial charge is 0.131 e. The second kappa shape index (κ2) is 6.49. The summed E-state index contributed by atoms with van der Waals surface area (Å²) in [6.07, 6.45) is 1.31. The van der Waals surface area contributed by atoms with Crippen LogP contribution >= 0.6 is 0 Å². The van der Waals surface area contributed by atoms with Crippen LogP contribution in [0.15, 0.2) is 18.2 Å². The van der Waals surface area contributed by atoms with Crippen LogP contribution in [0.25, 0.3) is 0 Å². The van der Waals surface area contributed by atoms with Crippen LogP contribution in [0, 0.1) is 5.82 Å². The van der Waals surface area contributed by atoms with Crippen molar-refractivity contribution in [2.45, 2.75) is 24.5 Å². The molecule has 1 unspecified atom stereocenters. The van der Waals surface area contributed by atoms with Gasteiger partial charge in [0, 0.05) is 44.8 Å². The summed E-state index contributed by atoms with van der Waals surface area (Å²) in [5.74, 6) is 5.77. The number of nitrogens with two attached hydrogens (primary N) is 1. The topological polar surface area (TPSA) is 65.7 Å². The number of hydrogen-bond acceptors (Lipinski definition) is 5. The number of rotatable bonds is 5. The lowest BCUT2D eigenvalue weighted by molar-refractivity contribution is -0.112. The van der Waals surface area contributed by atoms with E-state index >= 15 is 0 Å². The molecule has 0 spiro atoms. The third-order valence-electron chi connectivity index (χ3n) is 3.96. The van der Waals surface area contributed by atoms with Gasteiger partial charge in [-0.15, -0.1) is 0 Å². The van der Waals surface area contributed by atoms with Gasteiger partial charge in [0.15, 0.2) is 0 Å². The molecular formula is C14H21FN2O3. The van der Waals surface area contributed by atoms with E-state index in [0.717, 1.165) is 0 Å². The largest absolute Gasteiger partial charge is 0.497 e. The summed E-state index contributed by atoms with van der Waals surface area (Å²) >= 11 is 0. The molecule has 1 saturated heterocycles. The van der Waals surface area contributed by atoms with Gasteiger partial charge in [-0.3, -0.25) is 5.84 Å². The highest BCUT2D eigenvalue weighted by molar-refractivity contribution is 5.32. The summed E-state index contributed by atoms with van der Waals surface area (Å²) in [7, 11) is 3.12. The van der Waals surface area contributed by atoms with Crippen molar-refractivity contribution in [3.8, 4) is 5.75 Å². The van der Waals surface area contributed by atoms with Gasteiger partial charge in [0.2, 0.25) is 0 Å². The molecule has 1 heterocycles. The van der Waals surface area contributed by atoms with Crippen molar-refractivity contribution < 1.29 is 18.6 Å². The number of halogens is 1. The number of ether oxygens (including phenoxy) is 3. The van der Waals surface area contributed by atoms with E-state index in [2.05, 4.69) is 5.43 Å².